The second-order valence-electron chi connectivity index (χ2n) is 6.34. The molecule has 0 atom stereocenters. The summed E-state index contributed by atoms with van der Waals surface area (Å²) >= 11 is 1.76. The molecule has 3 N–H and O–H groups in total. The van der Waals surface area contributed by atoms with Crippen molar-refractivity contribution in [1.82, 2.24) is 10.6 Å². The fraction of sp³-hybridized carbons (Fsp3) is 0.368. The molecule has 1 aromatic carbocycles. The van der Waals surface area contributed by atoms with E-state index >= 15 is 0 Å². The Kier molecular flexibility index (Phi) is 8.97. The third kappa shape index (κ3) is 6.62. The molecule has 1 aliphatic heterocycles. The molecule has 0 bridgehead atoms. The Balaban J connectivity index is 0.00000280. The highest BCUT2D eigenvalue weighted by Crippen LogP contribution is 2.24. The second kappa shape index (κ2) is 11.2. The molecule has 1 saturated heterocycles. The molecule has 2 heterocycles. The number of piperidine rings is 1. The van der Waals surface area contributed by atoms with Crippen LogP contribution in [0, 0.1) is 5.82 Å². The van der Waals surface area contributed by atoms with Crippen molar-refractivity contribution in [3.8, 4) is 0 Å². The average Bonchev–Trinajstić information content (AvgIpc) is 3.20. The maximum Gasteiger partial charge on any atom is 0.243 e. The number of rotatable bonds is 5. The molecule has 28 heavy (non-hydrogen) atoms. The highest BCUT2D eigenvalue weighted by atomic mass is 127. The zero-order chi connectivity index (χ0) is 19.1. The Morgan fingerprint density at radius 1 is 1.29 bits per heavy atom. The summed E-state index contributed by atoms with van der Waals surface area (Å²) in [6.45, 7) is 2.05. The third-order valence-corrected chi connectivity index (χ3v) is 5.33. The molecule has 9 heteroatoms. The van der Waals surface area contributed by atoms with Gasteiger partial charge in [0.25, 0.3) is 0 Å². The van der Waals surface area contributed by atoms with E-state index in [1.165, 1.54) is 17.1 Å². The largest absolute Gasteiger partial charge is 0.363 e. The number of guanidine groups is 1. The maximum absolute atomic E-state index is 13.2. The quantitative estimate of drug-likeness (QED) is 0.324. The Hall–Kier alpha value is -1.88. The summed E-state index contributed by atoms with van der Waals surface area (Å²) in [5.41, 5.74) is 0.436. The van der Waals surface area contributed by atoms with Crippen LogP contribution in [0.25, 0.3) is 0 Å². The standard InChI is InChI=1S/C19H24FN5OS.HI/c1-21-19(22-13-17(26)23-16-5-2-4-14(20)12-16)24-15-7-9-25(10-8-15)18-6-3-11-27-18;/h2-6,11-12,15H,7-10,13H2,1H3,(H,23,26)(H2,21,22,24);1H. The normalized spacial score (nSPS) is 14.9. The number of halogens is 2. The van der Waals surface area contributed by atoms with Crippen molar-refractivity contribution in [3.05, 3.63) is 47.6 Å². The van der Waals surface area contributed by atoms with Crippen LogP contribution in [0.4, 0.5) is 15.1 Å². The number of carbonyl (C=O) groups is 1. The van der Waals surface area contributed by atoms with Gasteiger partial charge >= 0.3 is 0 Å². The van der Waals surface area contributed by atoms with Crippen molar-refractivity contribution in [1.29, 1.82) is 0 Å². The Labute approximate surface area is 185 Å². The van der Waals surface area contributed by atoms with Gasteiger partial charge in [-0.1, -0.05) is 6.07 Å². The molecule has 3 rings (SSSR count). The topological polar surface area (TPSA) is 68.8 Å². The van der Waals surface area contributed by atoms with E-state index < -0.39 is 0 Å². The van der Waals surface area contributed by atoms with Gasteiger partial charge in [0.15, 0.2) is 5.96 Å². The first-order chi connectivity index (χ1) is 13.1. The molecule has 0 radical (unpaired) electrons. The SMILES string of the molecule is CN=C(NCC(=O)Nc1cccc(F)c1)NC1CCN(c2cccs2)CC1.I. The van der Waals surface area contributed by atoms with Crippen molar-refractivity contribution < 1.29 is 9.18 Å². The minimum atomic E-state index is -0.382. The molecule has 0 aliphatic carbocycles. The van der Waals surface area contributed by atoms with E-state index in [4.69, 9.17) is 0 Å². The molecule has 152 valence electrons. The van der Waals surface area contributed by atoms with Crippen molar-refractivity contribution >= 4 is 57.9 Å². The lowest BCUT2D eigenvalue weighted by Crippen LogP contribution is -2.49. The third-order valence-electron chi connectivity index (χ3n) is 4.40. The predicted octanol–water partition coefficient (Wildman–Crippen LogP) is 3.28. The van der Waals surface area contributed by atoms with Crippen LogP contribution in [0.15, 0.2) is 46.8 Å². The van der Waals surface area contributed by atoms with Crippen LogP contribution in [0.3, 0.4) is 0 Å². The van der Waals surface area contributed by atoms with Gasteiger partial charge in [-0.2, -0.15) is 0 Å². The number of amides is 1. The molecule has 0 unspecified atom stereocenters. The summed E-state index contributed by atoms with van der Waals surface area (Å²) in [5.74, 6) is -0.0397. The number of carbonyl (C=O) groups excluding carboxylic acids is 1. The summed E-state index contributed by atoms with van der Waals surface area (Å²) < 4.78 is 13.2. The number of nitrogens with one attached hydrogen (secondary N) is 3. The van der Waals surface area contributed by atoms with Gasteiger partial charge in [0, 0.05) is 31.9 Å². The number of thiophene rings is 1. The van der Waals surface area contributed by atoms with Crippen LogP contribution >= 0.6 is 35.3 Å². The molecule has 0 spiro atoms. The Morgan fingerprint density at radius 2 is 2.07 bits per heavy atom. The van der Waals surface area contributed by atoms with E-state index in [0.717, 1.165) is 25.9 Å². The lowest BCUT2D eigenvalue weighted by molar-refractivity contribution is -0.115. The zero-order valence-corrected chi connectivity index (χ0v) is 18.8. The summed E-state index contributed by atoms with van der Waals surface area (Å²) in [6, 6.07) is 10.4. The average molecular weight is 517 g/mol. The Bertz CT molecular complexity index is 778. The van der Waals surface area contributed by atoms with Crippen LogP contribution < -0.4 is 20.9 Å². The second-order valence-corrected chi connectivity index (χ2v) is 7.27. The van der Waals surface area contributed by atoms with Gasteiger partial charge in [-0.3, -0.25) is 9.79 Å². The lowest BCUT2D eigenvalue weighted by atomic mass is 10.1. The molecular weight excluding hydrogens is 492 g/mol. The van der Waals surface area contributed by atoms with Crippen LogP contribution in [-0.2, 0) is 4.79 Å². The summed E-state index contributed by atoms with van der Waals surface area (Å²) in [5, 5.41) is 12.5. The summed E-state index contributed by atoms with van der Waals surface area (Å²) in [4.78, 5) is 18.6. The van der Waals surface area contributed by atoms with Gasteiger partial charge in [-0.25, -0.2) is 4.39 Å². The van der Waals surface area contributed by atoms with E-state index in [2.05, 4.69) is 43.4 Å². The van der Waals surface area contributed by atoms with Crippen LogP contribution in [0.5, 0.6) is 0 Å². The number of aliphatic imine (C=N–C) groups is 1. The minimum Gasteiger partial charge on any atom is -0.363 e. The van der Waals surface area contributed by atoms with Gasteiger partial charge in [0.05, 0.1) is 11.5 Å². The van der Waals surface area contributed by atoms with E-state index in [9.17, 15) is 9.18 Å². The van der Waals surface area contributed by atoms with E-state index in [1.807, 2.05) is 0 Å². The minimum absolute atomic E-state index is 0. The number of benzene rings is 1. The monoisotopic (exact) mass is 517 g/mol. The number of hydrogen-bond donors (Lipinski definition) is 3. The lowest BCUT2D eigenvalue weighted by Gasteiger charge is -2.33. The first kappa shape index (κ1) is 22.4. The first-order valence-electron chi connectivity index (χ1n) is 8.95. The maximum atomic E-state index is 13.2. The highest BCUT2D eigenvalue weighted by molar-refractivity contribution is 14.0. The smallest absolute Gasteiger partial charge is 0.243 e. The van der Waals surface area contributed by atoms with Crippen molar-refractivity contribution in [2.45, 2.75) is 18.9 Å². The van der Waals surface area contributed by atoms with E-state index in [1.54, 1.807) is 30.5 Å². The highest BCUT2D eigenvalue weighted by Gasteiger charge is 2.20. The molecule has 6 nitrogen and oxygen atoms in total. The van der Waals surface area contributed by atoms with Gasteiger partial charge in [-0.15, -0.1) is 35.3 Å². The van der Waals surface area contributed by atoms with Gasteiger partial charge in [0.1, 0.15) is 5.82 Å². The molecule has 1 aliphatic rings. The summed E-state index contributed by atoms with van der Waals surface area (Å²) in [6.07, 6.45) is 2.02. The zero-order valence-electron chi connectivity index (χ0n) is 15.7. The summed E-state index contributed by atoms with van der Waals surface area (Å²) in [7, 11) is 1.68. The van der Waals surface area contributed by atoms with E-state index in [-0.39, 0.29) is 42.2 Å². The first-order valence-corrected chi connectivity index (χ1v) is 9.83. The van der Waals surface area contributed by atoms with Gasteiger partial charge in [-0.05, 0) is 48.6 Å². The van der Waals surface area contributed by atoms with Crippen molar-refractivity contribution in [2.75, 3.05) is 36.9 Å². The number of anilines is 2. The van der Waals surface area contributed by atoms with Gasteiger partial charge < -0.3 is 20.9 Å². The molecule has 2 aromatic rings. The van der Waals surface area contributed by atoms with Crippen LogP contribution in [0.2, 0.25) is 0 Å². The Morgan fingerprint density at radius 3 is 2.71 bits per heavy atom. The molecule has 1 aromatic heterocycles. The molecule has 1 fully saturated rings. The predicted molar refractivity (Wildman–Crippen MR) is 124 cm³/mol. The number of hydrogen-bond acceptors (Lipinski definition) is 4. The fourth-order valence-corrected chi connectivity index (χ4v) is 3.80. The van der Waals surface area contributed by atoms with Crippen LogP contribution in [-0.4, -0.2) is 44.6 Å². The van der Waals surface area contributed by atoms with Gasteiger partial charge in [0.2, 0.25) is 5.91 Å². The number of nitrogens with zero attached hydrogens (tertiary/aromatic N) is 2. The van der Waals surface area contributed by atoms with Crippen molar-refractivity contribution in [3.63, 3.8) is 0 Å². The molecule has 0 saturated carbocycles. The van der Waals surface area contributed by atoms with Crippen molar-refractivity contribution in [2.24, 2.45) is 4.99 Å². The fourth-order valence-electron chi connectivity index (χ4n) is 3.02. The van der Waals surface area contributed by atoms with E-state index in [0.29, 0.717) is 17.7 Å². The van der Waals surface area contributed by atoms with Crippen LogP contribution in [0.1, 0.15) is 12.8 Å². The molecule has 1 amide bonds. The molecular formula is C19H25FIN5OS.